The summed E-state index contributed by atoms with van der Waals surface area (Å²) in [6.07, 6.45) is 10.3. The first-order valence-corrected chi connectivity index (χ1v) is 9.50. The van der Waals surface area contributed by atoms with Crippen molar-refractivity contribution in [3.63, 3.8) is 0 Å². The first kappa shape index (κ1) is 17.0. The number of imidazole rings is 1. The molecule has 0 amide bonds. The fourth-order valence-corrected chi connectivity index (χ4v) is 3.96. The maximum Gasteiger partial charge on any atom is 0.116 e. The van der Waals surface area contributed by atoms with Crippen molar-refractivity contribution in [3.05, 3.63) is 84.2 Å². The van der Waals surface area contributed by atoms with Crippen LogP contribution in [0, 0.1) is 0 Å². The highest BCUT2D eigenvalue weighted by molar-refractivity contribution is 5.25. The topological polar surface area (TPSA) is 34.0 Å². The number of hydrogen-bond acceptors (Lipinski definition) is 3. The normalized spacial score (nSPS) is 17.3. The van der Waals surface area contributed by atoms with E-state index in [1.165, 1.54) is 29.8 Å². The van der Waals surface area contributed by atoms with E-state index in [4.69, 9.17) is 4.98 Å². The molecule has 1 aliphatic rings. The van der Waals surface area contributed by atoms with Gasteiger partial charge in [-0.05, 0) is 30.0 Å². The molecule has 3 heterocycles. The molecule has 1 saturated heterocycles. The van der Waals surface area contributed by atoms with Crippen LogP contribution in [0.25, 0.3) is 0 Å². The number of pyridine rings is 1. The summed E-state index contributed by atoms with van der Waals surface area (Å²) in [6, 6.07) is 15.4. The fraction of sp³-hybridized carbons (Fsp3) is 0.364. The summed E-state index contributed by atoms with van der Waals surface area (Å²) >= 11 is 0. The van der Waals surface area contributed by atoms with Gasteiger partial charge in [-0.3, -0.25) is 9.88 Å². The summed E-state index contributed by atoms with van der Waals surface area (Å²) in [4.78, 5) is 11.5. The van der Waals surface area contributed by atoms with Gasteiger partial charge in [0, 0.05) is 56.4 Å². The quantitative estimate of drug-likeness (QED) is 0.692. The summed E-state index contributed by atoms with van der Waals surface area (Å²) in [5, 5.41) is 0. The van der Waals surface area contributed by atoms with Crippen LogP contribution in [0.3, 0.4) is 0 Å². The molecule has 4 nitrogen and oxygen atoms in total. The lowest BCUT2D eigenvalue weighted by atomic mass is 9.98. The standard InChI is InChI=1S/C22H26N4/c1-18(20-7-3-2-4-8-20)22-24-12-15-26(22)21-9-13-25(14-10-21)17-19-6-5-11-23-16-19/h2-8,11-12,15-16,18,21H,9-10,13-14,17H2,1H3/t18-/m0/s1. The van der Waals surface area contributed by atoms with Crippen molar-refractivity contribution in [2.24, 2.45) is 0 Å². The zero-order chi connectivity index (χ0) is 17.8. The average Bonchev–Trinajstić information content (AvgIpc) is 3.19. The fourth-order valence-electron chi connectivity index (χ4n) is 3.96. The molecule has 1 aliphatic heterocycles. The molecular formula is C22H26N4. The minimum atomic E-state index is 0.319. The zero-order valence-electron chi connectivity index (χ0n) is 15.3. The number of piperidine rings is 1. The van der Waals surface area contributed by atoms with Crippen molar-refractivity contribution >= 4 is 0 Å². The summed E-state index contributed by atoms with van der Waals surface area (Å²) in [6.45, 7) is 5.50. The van der Waals surface area contributed by atoms with Crippen LogP contribution in [0.4, 0.5) is 0 Å². The highest BCUT2D eigenvalue weighted by Crippen LogP contribution is 2.29. The predicted octanol–water partition coefficient (Wildman–Crippen LogP) is 4.27. The number of hydrogen-bond donors (Lipinski definition) is 0. The van der Waals surface area contributed by atoms with E-state index in [0.29, 0.717) is 12.0 Å². The van der Waals surface area contributed by atoms with Crippen LogP contribution in [0.15, 0.2) is 67.3 Å². The van der Waals surface area contributed by atoms with Gasteiger partial charge in [-0.25, -0.2) is 4.98 Å². The molecular weight excluding hydrogens is 320 g/mol. The molecule has 0 bridgehead atoms. The van der Waals surface area contributed by atoms with E-state index in [2.05, 4.69) is 64.0 Å². The van der Waals surface area contributed by atoms with Crippen molar-refractivity contribution < 1.29 is 0 Å². The number of benzene rings is 1. The molecule has 0 spiro atoms. The van der Waals surface area contributed by atoms with E-state index >= 15 is 0 Å². The van der Waals surface area contributed by atoms with E-state index in [-0.39, 0.29) is 0 Å². The predicted molar refractivity (Wildman–Crippen MR) is 104 cm³/mol. The Hall–Kier alpha value is -2.46. The largest absolute Gasteiger partial charge is 0.331 e. The second-order valence-electron chi connectivity index (χ2n) is 7.19. The average molecular weight is 346 g/mol. The molecule has 0 N–H and O–H groups in total. The molecule has 4 rings (SSSR count). The smallest absolute Gasteiger partial charge is 0.116 e. The Morgan fingerprint density at radius 3 is 2.58 bits per heavy atom. The Bertz CT molecular complexity index is 804. The number of likely N-dealkylation sites (tertiary alicyclic amines) is 1. The number of rotatable bonds is 5. The third-order valence-electron chi connectivity index (χ3n) is 5.46. The van der Waals surface area contributed by atoms with E-state index in [9.17, 15) is 0 Å². The van der Waals surface area contributed by atoms with Crippen LogP contribution in [0.5, 0.6) is 0 Å². The molecule has 1 aromatic carbocycles. The molecule has 134 valence electrons. The molecule has 3 aromatic rings. The van der Waals surface area contributed by atoms with Crippen molar-refractivity contribution in [1.29, 1.82) is 0 Å². The van der Waals surface area contributed by atoms with Crippen LogP contribution in [0.1, 0.15) is 48.7 Å². The second-order valence-corrected chi connectivity index (χ2v) is 7.19. The van der Waals surface area contributed by atoms with Crippen LogP contribution >= 0.6 is 0 Å². The maximum absolute atomic E-state index is 4.70. The van der Waals surface area contributed by atoms with Crippen molar-refractivity contribution in [3.8, 4) is 0 Å². The first-order valence-electron chi connectivity index (χ1n) is 9.50. The first-order chi connectivity index (χ1) is 12.8. The van der Waals surface area contributed by atoms with Gasteiger partial charge in [0.2, 0.25) is 0 Å². The van der Waals surface area contributed by atoms with Crippen LogP contribution < -0.4 is 0 Å². The highest BCUT2D eigenvalue weighted by atomic mass is 15.2. The Kier molecular flexibility index (Phi) is 5.12. The molecule has 0 aliphatic carbocycles. The van der Waals surface area contributed by atoms with Crippen molar-refractivity contribution in [1.82, 2.24) is 19.4 Å². The van der Waals surface area contributed by atoms with Gasteiger partial charge < -0.3 is 4.57 Å². The monoisotopic (exact) mass is 346 g/mol. The van der Waals surface area contributed by atoms with E-state index in [1.807, 2.05) is 24.7 Å². The van der Waals surface area contributed by atoms with Crippen molar-refractivity contribution in [2.75, 3.05) is 13.1 Å². The second kappa shape index (κ2) is 7.83. The van der Waals surface area contributed by atoms with Gasteiger partial charge in [-0.15, -0.1) is 0 Å². The molecule has 2 aromatic heterocycles. The Morgan fingerprint density at radius 1 is 1.04 bits per heavy atom. The molecule has 1 fully saturated rings. The Balaban J connectivity index is 1.42. The third kappa shape index (κ3) is 3.70. The minimum absolute atomic E-state index is 0.319. The van der Waals surface area contributed by atoms with Crippen LogP contribution in [0.2, 0.25) is 0 Å². The summed E-state index contributed by atoms with van der Waals surface area (Å²) in [7, 11) is 0. The van der Waals surface area contributed by atoms with E-state index in [0.717, 1.165) is 19.6 Å². The minimum Gasteiger partial charge on any atom is -0.331 e. The van der Waals surface area contributed by atoms with Gasteiger partial charge in [0.1, 0.15) is 5.82 Å². The summed E-state index contributed by atoms with van der Waals surface area (Å²) in [5.41, 5.74) is 2.63. The maximum atomic E-state index is 4.70. The molecule has 1 atom stereocenters. The lowest BCUT2D eigenvalue weighted by molar-refractivity contribution is 0.177. The van der Waals surface area contributed by atoms with Crippen molar-refractivity contribution in [2.45, 2.75) is 38.3 Å². The third-order valence-corrected chi connectivity index (χ3v) is 5.46. The van der Waals surface area contributed by atoms with Crippen LogP contribution in [-0.4, -0.2) is 32.5 Å². The summed E-state index contributed by atoms with van der Waals surface area (Å²) < 4.78 is 2.42. The molecule has 4 heteroatoms. The molecule has 0 saturated carbocycles. The zero-order valence-corrected chi connectivity index (χ0v) is 15.3. The van der Waals surface area contributed by atoms with Crippen LogP contribution in [-0.2, 0) is 6.54 Å². The van der Waals surface area contributed by atoms with Gasteiger partial charge in [0.15, 0.2) is 0 Å². The summed E-state index contributed by atoms with van der Waals surface area (Å²) in [5.74, 6) is 1.50. The van der Waals surface area contributed by atoms with Gasteiger partial charge in [0.05, 0.1) is 0 Å². The van der Waals surface area contributed by atoms with E-state index in [1.54, 1.807) is 0 Å². The van der Waals surface area contributed by atoms with E-state index < -0.39 is 0 Å². The van der Waals surface area contributed by atoms with Gasteiger partial charge in [-0.1, -0.05) is 43.3 Å². The highest BCUT2D eigenvalue weighted by Gasteiger charge is 2.24. The number of aromatic nitrogens is 3. The Labute approximate surface area is 155 Å². The molecule has 26 heavy (non-hydrogen) atoms. The lowest BCUT2D eigenvalue weighted by Crippen LogP contribution is -2.34. The Morgan fingerprint density at radius 2 is 1.85 bits per heavy atom. The molecule has 0 radical (unpaired) electrons. The SMILES string of the molecule is C[C@@H](c1ccccc1)c1nccn1C1CCN(Cc2cccnc2)CC1. The van der Waals surface area contributed by atoms with Gasteiger partial charge in [-0.2, -0.15) is 0 Å². The van der Waals surface area contributed by atoms with Gasteiger partial charge in [0.25, 0.3) is 0 Å². The lowest BCUT2D eigenvalue weighted by Gasteiger charge is -2.33. The van der Waals surface area contributed by atoms with Gasteiger partial charge >= 0.3 is 0 Å². The molecule has 0 unspecified atom stereocenters. The number of nitrogens with zero attached hydrogens (tertiary/aromatic N) is 4.